The minimum Gasteiger partial charge on any atom is -0.399 e. The first-order chi connectivity index (χ1) is 10.3. The van der Waals surface area contributed by atoms with Gasteiger partial charge >= 0.3 is 13.3 Å². The van der Waals surface area contributed by atoms with Gasteiger partial charge in [0, 0.05) is 0 Å². The van der Waals surface area contributed by atoms with Crippen LogP contribution in [0.1, 0.15) is 47.1 Å². The van der Waals surface area contributed by atoms with E-state index in [1.54, 1.807) is 24.3 Å². The van der Waals surface area contributed by atoms with Crippen molar-refractivity contribution in [1.29, 1.82) is 0 Å². The first kappa shape index (κ1) is 18.3. The molecule has 0 N–H and O–H groups in total. The molecule has 1 saturated heterocycles. The van der Waals surface area contributed by atoms with E-state index < -0.39 is 29.9 Å². The van der Waals surface area contributed by atoms with Gasteiger partial charge in [-0.3, -0.25) is 0 Å². The van der Waals surface area contributed by atoms with E-state index in [0.717, 1.165) is 5.46 Å². The van der Waals surface area contributed by atoms with Crippen molar-refractivity contribution in [2.45, 2.75) is 65.3 Å². The van der Waals surface area contributed by atoms with Crippen molar-refractivity contribution < 1.29 is 22.5 Å². The molecule has 0 amide bonds. The van der Waals surface area contributed by atoms with Crippen molar-refractivity contribution in [3.63, 3.8) is 0 Å². The molecular formula is C17H24BF3O2. The molecule has 0 aliphatic carbocycles. The van der Waals surface area contributed by atoms with Crippen molar-refractivity contribution >= 4 is 12.6 Å². The summed E-state index contributed by atoms with van der Waals surface area (Å²) in [5.41, 5.74) is -1.16. The fourth-order valence-corrected chi connectivity index (χ4v) is 2.38. The largest absolute Gasteiger partial charge is 0.494 e. The Balaban J connectivity index is 2.13. The third-order valence-corrected chi connectivity index (χ3v) is 4.92. The second-order valence-electron chi connectivity index (χ2n) is 7.89. The molecule has 1 fully saturated rings. The van der Waals surface area contributed by atoms with Crippen molar-refractivity contribution in [3.05, 3.63) is 29.8 Å². The zero-order chi connectivity index (χ0) is 17.7. The number of hydrogen-bond donors (Lipinski definition) is 0. The monoisotopic (exact) mass is 328 g/mol. The third-order valence-electron chi connectivity index (χ3n) is 4.92. The summed E-state index contributed by atoms with van der Waals surface area (Å²) in [6.45, 7) is 10.3. The Morgan fingerprint density at radius 2 is 1.35 bits per heavy atom. The van der Waals surface area contributed by atoms with Gasteiger partial charge in [0.1, 0.15) is 0 Å². The molecule has 1 heterocycles. The third kappa shape index (κ3) is 3.58. The first-order valence-corrected chi connectivity index (χ1v) is 7.76. The first-order valence-electron chi connectivity index (χ1n) is 7.76. The van der Waals surface area contributed by atoms with Gasteiger partial charge in [-0.1, -0.05) is 38.1 Å². The lowest BCUT2D eigenvalue weighted by atomic mass is 9.77. The van der Waals surface area contributed by atoms with Gasteiger partial charge in [-0.05, 0) is 45.1 Å². The van der Waals surface area contributed by atoms with Crippen LogP contribution in [0.4, 0.5) is 13.2 Å². The highest BCUT2D eigenvalue weighted by atomic mass is 19.4. The lowest BCUT2D eigenvalue weighted by Gasteiger charge is -2.32. The van der Waals surface area contributed by atoms with E-state index >= 15 is 0 Å². The Labute approximate surface area is 136 Å². The summed E-state index contributed by atoms with van der Waals surface area (Å²) in [5.74, 6) is 0. The SMILES string of the molecule is CC(C)(Cc1ccc(B2OC(C)(C)C(C)(C)O2)cc1)C(F)(F)F. The van der Waals surface area contributed by atoms with Gasteiger partial charge in [-0.2, -0.15) is 13.2 Å². The minimum absolute atomic E-state index is 0.0554. The molecule has 1 aromatic carbocycles. The quantitative estimate of drug-likeness (QED) is 0.777. The van der Waals surface area contributed by atoms with Crippen LogP contribution in [0.25, 0.3) is 0 Å². The molecule has 1 aliphatic heterocycles. The second kappa shape index (κ2) is 5.52. The summed E-state index contributed by atoms with van der Waals surface area (Å²) in [6.07, 6.45) is -4.28. The Hall–Kier alpha value is -1.01. The van der Waals surface area contributed by atoms with Crippen LogP contribution in [-0.2, 0) is 15.7 Å². The Kier molecular flexibility index (Phi) is 4.40. The molecule has 2 nitrogen and oxygen atoms in total. The highest BCUT2D eigenvalue weighted by Crippen LogP contribution is 2.40. The normalized spacial score (nSPS) is 20.8. The smallest absolute Gasteiger partial charge is 0.399 e. The predicted molar refractivity (Wildman–Crippen MR) is 85.7 cm³/mol. The predicted octanol–water partition coefficient (Wildman–Crippen LogP) is 4.12. The number of alkyl halides is 3. The minimum atomic E-state index is -4.22. The molecule has 0 radical (unpaired) electrons. The van der Waals surface area contributed by atoms with Crippen LogP contribution in [0.15, 0.2) is 24.3 Å². The van der Waals surface area contributed by atoms with Crippen LogP contribution in [0.2, 0.25) is 0 Å². The zero-order valence-electron chi connectivity index (χ0n) is 14.5. The van der Waals surface area contributed by atoms with E-state index in [-0.39, 0.29) is 6.42 Å². The lowest BCUT2D eigenvalue weighted by molar-refractivity contribution is -0.211. The van der Waals surface area contributed by atoms with Gasteiger partial charge in [0.25, 0.3) is 0 Å². The van der Waals surface area contributed by atoms with E-state index in [4.69, 9.17) is 9.31 Å². The summed E-state index contributed by atoms with van der Waals surface area (Å²) in [5, 5.41) is 0. The Morgan fingerprint density at radius 3 is 1.74 bits per heavy atom. The maximum Gasteiger partial charge on any atom is 0.494 e. The van der Waals surface area contributed by atoms with Crippen molar-refractivity contribution in [3.8, 4) is 0 Å². The van der Waals surface area contributed by atoms with Crippen LogP contribution in [0, 0.1) is 5.41 Å². The molecule has 23 heavy (non-hydrogen) atoms. The second-order valence-corrected chi connectivity index (χ2v) is 7.89. The Morgan fingerprint density at radius 1 is 0.913 bits per heavy atom. The summed E-state index contributed by atoms with van der Waals surface area (Å²) >= 11 is 0. The molecule has 0 bridgehead atoms. The summed E-state index contributed by atoms with van der Waals surface area (Å²) in [7, 11) is -0.496. The van der Waals surface area contributed by atoms with E-state index in [1.807, 2.05) is 27.7 Å². The number of hydrogen-bond acceptors (Lipinski definition) is 2. The number of rotatable bonds is 3. The van der Waals surface area contributed by atoms with Gasteiger partial charge in [0.15, 0.2) is 0 Å². The topological polar surface area (TPSA) is 18.5 Å². The van der Waals surface area contributed by atoms with Crippen molar-refractivity contribution in [2.24, 2.45) is 5.41 Å². The average Bonchev–Trinajstić information content (AvgIpc) is 2.57. The maximum atomic E-state index is 13.0. The molecule has 6 heteroatoms. The highest BCUT2D eigenvalue weighted by molar-refractivity contribution is 6.62. The molecule has 0 aromatic heterocycles. The molecule has 1 aliphatic rings. The molecule has 1 aromatic rings. The van der Waals surface area contributed by atoms with E-state index in [2.05, 4.69) is 0 Å². The molecule has 128 valence electrons. The fraction of sp³-hybridized carbons (Fsp3) is 0.647. The number of benzene rings is 1. The zero-order valence-corrected chi connectivity index (χ0v) is 14.5. The lowest BCUT2D eigenvalue weighted by Crippen LogP contribution is -2.41. The fourth-order valence-electron chi connectivity index (χ4n) is 2.38. The van der Waals surface area contributed by atoms with Gasteiger partial charge < -0.3 is 9.31 Å². The van der Waals surface area contributed by atoms with Crippen LogP contribution >= 0.6 is 0 Å². The van der Waals surface area contributed by atoms with Crippen LogP contribution in [-0.4, -0.2) is 24.5 Å². The molecule has 0 saturated carbocycles. The van der Waals surface area contributed by atoms with Gasteiger partial charge in [-0.15, -0.1) is 0 Å². The summed E-state index contributed by atoms with van der Waals surface area (Å²) < 4.78 is 50.8. The Bertz CT molecular complexity index is 546. The van der Waals surface area contributed by atoms with E-state index in [0.29, 0.717) is 5.56 Å². The summed E-state index contributed by atoms with van der Waals surface area (Å²) in [4.78, 5) is 0. The average molecular weight is 328 g/mol. The number of halogens is 3. The van der Waals surface area contributed by atoms with E-state index in [1.165, 1.54) is 13.8 Å². The molecule has 0 unspecified atom stereocenters. The highest BCUT2D eigenvalue weighted by Gasteiger charge is 2.51. The van der Waals surface area contributed by atoms with Gasteiger partial charge in [0.2, 0.25) is 0 Å². The maximum absolute atomic E-state index is 13.0. The van der Waals surface area contributed by atoms with Crippen LogP contribution < -0.4 is 5.46 Å². The summed E-state index contributed by atoms with van der Waals surface area (Å²) in [6, 6.07) is 7.00. The van der Waals surface area contributed by atoms with E-state index in [9.17, 15) is 13.2 Å². The molecule has 0 atom stereocenters. The van der Waals surface area contributed by atoms with Gasteiger partial charge in [0.05, 0.1) is 16.6 Å². The van der Waals surface area contributed by atoms with Crippen LogP contribution in [0.3, 0.4) is 0 Å². The molecule has 2 rings (SSSR count). The van der Waals surface area contributed by atoms with Crippen LogP contribution in [0.5, 0.6) is 0 Å². The van der Waals surface area contributed by atoms with Crippen molar-refractivity contribution in [2.75, 3.05) is 0 Å². The van der Waals surface area contributed by atoms with Crippen molar-refractivity contribution in [1.82, 2.24) is 0 Å². The standard InChI is InChI=1S/C17H24BF3O2/c1-14(2,17(19,20)21)11-12-7-9-13(10-8-12)18-22-15(3,4)16(5,6)23-18/h7-10H,11H2,1-6H3. The molecule has 0 spiro atoms. The molecular weight excluding hydrogens is 304 g/mol. The van der Waals surface area contributed by atoms with Gasteiger partial charge in [-0.25, -0.2) is 0 Å².